The molecule has 1 amide bonds. The van der Waals surface area contributed by atoms with Crippen LogP contribution in [0.5, 0.6) is 0 Å². The van der Waals surface area contributed by atoms with Crippen LogP contribution in [0.25, 0.3) is 22.0 Å². The molecule has 2 aromatic carbocycles. The fourth-order valence-electron chi connectivity index (χ4n) is 3.42. The summed E-state index contributed by atoms with van der Waals surface area (Å²) in [7, 11) is 0. The summed E-state index contributed by atoms with van der Waals surface area (Å²) in [5, 5.41) is 2.00. The molecule has 1 aliphatic heterocycles. The van der Waals surface area contributed by atoms with Crippen LogP contribution in [0.15, 0.2) is 36.4 Å². The SMILES string of the molecule is O=C1NCCn2c1c(C(F)(F)F)c1cc(F)cc(-c3ccc(F)cc3)c12. The van der Waals surface area contributed by atoms with Gasteiger partial charge in [0, 0.05) is 24.0 Å². The second-order valence-electron chi connectivity index (χ2n) is 5.99. The van der Waals surface area contributed by atoms with Gasteiger partial charge in [-0.25, -0.2) is 8.78 Å². The first-order chi connectivity index (χ1) is 12.3. The van der Waals surface area contributed by atoms with Gasteiger partial charge in [-0.3, -0.25) is 4.79 Å². The van der Waals surface area contributed by atoms with Crippen LogP contribution in [0.4, 0.5) is 22.0 Å². The number of nitrogens with one attached hydrogen (secondary N) is 1. The molecule has 26 heavy (non-hydrogen) atoms. The van der Waals surface area contributed by atoms with E-state index in [4.69, 9.17) is 0 Å². The number of rotatable bonds is 1. The summed E-state index contributed by atoms with van der Waals surface area (Å²) in [6.45, 7) is 0.278. The van der Waals surface area contributed by atoms with Crippen molar-refractivity contribution in [1.29, 1.82) is 0 Å². The third kappa shape index (κ3) is 2.44. The van der Waals surface area contributed by atoms with Crippen LogP contribution in [0, 0.1) is 11.6 Å². The van der Waals surface area contributed by atoms with Gasteiger partial charge >= 0.3 is 6.18 Å². The molecular formula is C18H11F5N2O. The van der Waals surface area contributed by atoms with Crippen molar-refractivity contribution in [3.63, 3.8) is 0 Å². The molecule has 0 spiro atoms. The molecule has 0 saturated heterocycles. The quantitative estimate of drug-likeness (QED) is 0.639. The van der Waals surface area contributed by atoms with Gasteiger partial charge in [0.25, 0.3) is 5.91 Å². The molecule has 134 valence electrons. The van der Waals surface area contributed by atoms with Crippen LogP contribution in [0.3, 0.4) is 0 Å². The zero-order valence-corrected chi connectivity index (χ0v) is 13.1. The summed E-state index contributed by atoms with van der Waals surface area (Å²) < 4.78 is 69.6. The van der Waals surface area contributed by atoms with E-state index in [1.54, 1.807) is 0 Å². The van der Waals surface area contributed by atoms with Crippen LogP contribution >= 0.6 is 0 Å². The molecular weight excluding hydrogens is 355 g/mol. The molecule has 2 heterocycles. The highest BCUT2D eigenvalue weighted by atomic mass is 19.4. The van der Waals surface area contributed by atoms with Crippen molar-refractivity contribution in [3.8, 4) is 11.1 Å². The van der Waals surface area contributed by atoms with Gasteiger partial charge < -0.3 is 9.88 Å². The maximum atomic E-state index is 14.1. The van der Waals surface area contributed by atoms with Gasteiger partial charge in [0.05, 0.1) is 11.1 Å². The first kappa shape index (κ1) is 16.6. The lowest BCUT2D eigenvalue weighted by Crippen LogP contribution is -2.36. The molecule has 4 rings (SSSR count). The van der Waals surface area contributed by atoms with Crippen molar-refractivity contribution in [2.45, 2.75) is 12.7 Å². The number of nitrogens with zero attached hydrogens (tertiary/aromatic N) is 1. The molecule has 0 radical (unpaired) electrons. The molecule has 0 bridgehead atoms. The number of carbonyl (C=O) groups is 1. The number of halogens is 5. The van der Waals surface area contributed by atoms with Crippen molar-refractivity contribution in [3.05, 3.63) is 59.3 Å². The van der Waals surface area contributed by atoms with Gasteiger partial charge in [0.15, 0.2) is 0 Å². The van der Waals surface area contributed by atoms with E-state index >= 15 is 0 Å². The van der Waals surface area contributed by atoms with Gasteiger partial charge in [-0.2, -0.15) is 13.2 Å². The second kappa shape index (κ2) is 5.55. The number of carbonyl (C=O) groups excluding carboxylic acids is 1. The summed E-state index contributed by atoms with van der Waals surface area (Å²) >= 11 is 0. The Morgan fingerprint density at radius 1 is 1.00 bits per heavy atom. The minimum Gasteiger partial charge on any atom is -0.349 e. The summed E-state index contributed by atoms with van der Waals surface area (Å²) in [5.41, 5.74) is -1.06. The Bertz CT molecular complexity index is 1030. The molecule has 1 N–H and O–H groups in total. The summed E-state index contributed by atoms with van der Waals surface area (Å²) in [6.07, 6.45) is -4.83. The van der Waals surface area contributed by atoms with Crippen molar-refractivity contribution in [2.75, 3.05) is 6.54 Å². The zero-order chi connectivity index (χ0) is 18.6. The molecule has 3 nitrogen and oxygen atoms in total. The van der Waals surface area contributed by atoms with Crippen molar-refractivity contribution >= 4 is 16.8 Å². The first-order valence-corrected chi connectivity index (χ1v) is 7.74. The van der Waals surface area contributed by atoms with Gasteiger partial charge in [-0.05, 0) is 29.8 Å². The third-order valence-corrected chi connectivity index (χ3v) is 4.40. The number of hydrogen-bond acceptors (Lipinski definition) is 1. The standard InChI is InChI=1S/C18H11F5N2O/c19-10-3-1-9(2-4-10)12-7-11(20)8-13-14(18(21,22)23)16-17(26)24-5-6-25(16)15(12)13/h1-4,7-8H,5-6H2,(H,24,26). The summed E-state index contributed by atoms with van der Waals surface area (Å²) in [6, 6.07) is 6.88. The van der Waals surface area contributed by atoms with E-state index < -0.39 is 35.0 Å². The normalized spacial score (nSPS) is 14.4. The average molecular weight is 366 g/mol. The second-order valence-corrected chi connectivity index (χ2v) is 5.99. The average Bonchev–Trinajstić information content (AvgIpc) is 2.90. The van der Waals surface area contributed by atoms with Crippen LogP contribution in [0.1, 0.15) is 16.1 Å². The Labute approximate surface area is 144 Å². The van der Waals surface area contributed by atoms with Crippen molar-refractivity contribution in [2.24, 2.45) is 0 Å². The molecule has 0 saturated carbocycles. The highest BCUT2D eigenvalue weighted by molar-refractivity contribution is 6.06. The first-order valence-electron chi connectivity index (χ1n) is 7.74. The monoisotopic (exact) mass is 366 g/mol. The van der Waals surface area contributed by atoms with Gasteiger partial charge in [-0.15, -0.1) is 0 Å². The van der Waals surface area contributed by atoms with Crippen LogP contribution < -0.4 is 5.32 Å². The Balaban J connectivity index is 2.16. The molecule has 0 fully saturated rings. The maximum absolute atomic E-state index is 14.1. The van der Waals surface area contributed by atoms with Crippen molar-refractivity contribution in [1.82, 2.24) is 9.88 Å². The van der Waals surface area contributed by atoms with E-state index in [1.165, 1.54) is 16.7 Å². The van der Waals surface area contributed by atoms with Gasteiger partial charge in [0.1, 0.15) is 17.3 Å². The van der Waals surface area contributed by atoms with E-state index in [9.17, 15) is 26.7 Å². The fraction of sp³-hybridized carbons (Fsp3) is 0.167. The molecule has 0 unspecified atom stereocenters. The van der Waals surface area contributed by atoms with E-state index in [0.717, 1.165) is 24.3 Å². The Kier molecular flexibility index (Phi) is 3.54. The number of amides is 1. The fourth-order valence-corrected chi connectivity index (χ4v) is 3.42. The van der Waals surface area contributed by atoms with Gasteiger partial charge in [0.2, 0.25) is 0 Å². The summed E-state index contributed by atoms with van der Waals surface area (Å²) in [4.78, 5) is 12.1. The molecule has 1 aromatic heterocycles. The lowest BCUT2D eigenvalue weighted by molar-refractivity contribution is -0.136. The lowest BCUT2D eigenvalue weighted by atomic mass is 10.0. The third-order valence-electron chi connectivity index (χ3n) is 4.40. The zero-order valence-electron chi connectivity index (χ0n) is 13.1. The predicted molar refractivity (Wildman–Crippen MR) is 84.6 cm³/mol. The largest absolute Gasteiger partial charge is 0.419 e. The molecule has 3 aromatic rings. The van der Waals surface area contributed by atoms with E-state index in [2.05, 4.69) is 5.32 Å². The maximum Gasteiger partial charge on any atom is 0.419 e. The molecule has 0 atom stereocenters. The highest BCUT2D eigenvalue weighted by Gasteiger charge is 2.42. The Hall–Kier alpha value is -2.90. The highest BCUT2D eigenvalue weighted by Crippen LogP contribution is 2.43. The Morgan fingerprint density at radius 3 is 2.35 bits per heavy atom. The molecule has 1 aliphatic rings. The Morgan fingerprint density at radius 2 is 1.69 bits per heavy atom. The minimum absolute atomic E-state index is 0.107. The number of hydrogen-bond donors (Lipinski definition) is 1. The van der Waals surface area contributed by atoms with Crippen LogP contribution in [0.2, 0.25) is 0 Å². The number of aromatic nitrogens is 1. The van der Waals surface area contributed by atoms with E-state index in [0.29, 0.717) is 5.56 Å². The number of fused-ring (bicyclic) bond motifs is 3. The summed E-state index contributed by atoms with van der Waals surface area (Å²) in [5.74, 6) is -2.25. The minimum atomic E-state index is -4.83. The van der Waals surface area contributed by atoms with E-state index in [1.807, 2.05) is 0 Å². The van der Waals surface area contributed by atoms with Crippen LogP contribution in [-0.2, 0) is 12.7 Å². The van der Waals surface area contributed by atoms with Crippen LogP contribution in [-0.4, -0.2) is 17.0 Å². The number of benzene rings is 2. The van der Waals surface area contributed by atoms with Crippen molar-refractivity contribution < 1.29 is 26.7 Å². The predicted octanol–water partition coefficient (Wildman–Crippen LogP) is 4.35. The number of alkyl halides is 3. The topological polar surface area (TPSA) is 34.0 Å². The molecule has 8 heteroatoms. The molecule has 0 aliphatic carbocycles. The van der Waals surface area contributed by atoms with Gasteiger partial charge in [-0.1, -0.05) is 12.1 Å². The lowest BCUT2D eigenvalue weighted by Gasteiger charge is -2.19. The van der Waals surface area contributed by atoms with E-state index in [-0.39, 0.29) is 29.6 Å². The smallest absolute Gasteiger partial charge is 0.349 e.